The first kappa shape index (κ1) is 21.4. The number of ether oxygens (including phenoxy) is 3. The van der Waals surface area contributed by atoms with Crippen LogP contribution in [0, 0.1) is 38.9 Å². The predicted octanol–water partition coefficient (Wildman–Crippen LogP) is 6.39. The fraction of sp³-hybridized carbons (Fsp3) is 1.00. The molecule has 5 heterocycles. The molecule has 6 bridgehead atoms. The van der Waals surface area contributed by atoms with Crippen LogP contribution in [0.2, 0.25) is 0 Å². The molecule has 2 aliphatic carbocycles. The minimum absolute atomic E-state index is 0.101. The van der Waals surface area contributed by atoms with Gasteiger partial charge in [-0.3, -0.25) is 0 Å². The zero-order valence-electron chi connectivity index (χ0n) is 21.2. The molecule has 7 fully saturated rings. The van der Waals surface area contributed by atoms with Gasteiger partial charge in [0.05, 0.1) is 37.1 Å². The molecule has 0 N–H and O–H groups in total. The van der Waals surface area contributed by atoms with Gasteiger partial charge in [0.2, 0.25) is 0 Å². The summed E-state index contributed by atoms with van der Waals surface area (Å²) in [5, 5.41) is 0. The highest BCUT2D eigenvalue weighted by Gasteiger charge is 2.72. The molecule has 3 heteroatoms. The van der Waals surface area contributed by atoms with Crippen molar-refractivity contribution < 1.29 is 14.2 Å². The molecule has 0 aromatic carbocycles. The summed E-state index contributed by atoms with van der Waals surface area (Å²) >= 11 is 0. The maximum Gasteiger partial charge on any atom is 0.0748 e. The Morgan fingerprint density at radius 2 is 1.52 bits per heavy atom. The van der Waals surface area contributed by atoms with Crippen molar-refractivity contribution in [1.82, 2.24) is 0 Å². The molecule has 0 spiro atoms. The zero-order chi connectivity index (χ0) is 22.1. The fourth-order valence-corrected chi connectivity index (χ4v) is 9.32. The molecule has 5 aliphatic heterocycles. The van der Waals surface area contributed by atoms with Crippen LogP contribution in [0.5, 0.6) is 0 Å². The second-order valence-corrected chi connectivity index (χ2v) is 14.9. The Morgan fingerprint density at radius 1 is 0.774 bits per heavy atom. The highest BCUT2D eigenvalue weighted by Crippen LogP contribution is 2.72. The topological polar surface area (TPSA) is 27.7 Å². The molecule has 3 nitrogen and oxygen atoms in total. The van der Waals surface area contributed by atoms with Gasteiger partial charge in [-0.1, -0.05) is 48.5 Å². The average Bonchev–Trinajstić information content (AvgIpc) is 3.45. The number of fused-ring (bicyclic) bond motifs is 5. The van der Waals surface area contributed by atoms with Crippen LogP contribution < -0.4 is 0 Å². The summed E-state index contributed by atoms with van der Waals surface area (Å²) in [4.78, 5) is 0. The van der Waals surface area contributed by atoms with Gasteiger partial charge in [-0.25, -0.2) is 0 Å². The van der Waals surface area contributed by atoms with Crippen LogP contribution in [0.15, 0.2) is 0 Å². The molecule has 6 unspecified atom stereocenters. The molecule has 7 rings (SSSR count). The van der Waals surface area contributed by atoms with Crippen molar-refractivity contribution in [3.63, 3.8) is 0 Å². The van der Waals surface area contributed by atoms with Gasteiger partial charge in [-0.15, -0.1) is 0 Å². The third kappa shape index (κ3) is 2.58. The Bertz CT molecular complexity index is 745. The van der Waals surface area contributed by atoms with Crippen molar-refractivity contribution in [3.05, 3.63) is 0 Å². The first-order valence-corrected chi connectivity index (χ1v) is 13.2. The van der Waals surface area contributed by atoms with E-state index in [2.05, 4.69) is 48.5 Å². The van der Waals surface area contributed by atoms with Crippen LogP contribution in [-0.2, 0) is 14.2 Å². The van der Waals surface area contributed by atoms with E-state index in [1.807, 2.05) is 0 Å². The summed E-state index contributed by atoms with van der Waals surface area (Å²) in [6, 6.07) is 0. The van der Waals surface area contributed by atoms with Crippen molar-refractivity contribution in [1.29, 1.82) is 0 Å². The van der Waals surface area contributed by atoms with Gasteiger partial charge in [-0.05, 0) is 79.4 Å². The first-order chi connectivity index (χ1) is 14.3. The lowest BCUT2D eigenvalue weighted by Gasteiger charge is -2.60. The van der Waals surface area contributed by atoms with Crippen LogP contribution >= 0.6 is 0 Å². The van der Waals surface area contributed by atoms with E-state index >= 15 is 0 Å². The molecule has 0 aromatic heterocycles. The largest absolute Gasteiger partial charge is 0.378 e. The van der Waals surface area contributed by atoms with E-state index < -0.39 is 0 Å². The molecular weight excluding hydrogens is 384 g/mol. The molecule has 0 amide bonds. The van der Waals surface area contributed by atoms with Crippen molar-refractivity contribution in [2.24, 2.45) is 38.9 Å². The Hall–Kier alpha value is -0.120. The lowest BCUT2D eigenvalue weighted by Crippen LogP contribution is -2.60. The van der Waals surface area contributed by atoms with Crippen molar-refractivity contribution >= 4 is 0 Å². The van der Waals surface area contributed by atoms with Crippen molar-refractivity contribution in [3.8, 4) is 0 Å². The smallest absolute Gasteiger partial charge is 0.0748 e. The van der Waals surface area contributed by atoms with Gasteiger partial charge in [0, 0.05) is 10.8 Å². The number of hydrogen-bond acceptors (Lipinski definition) is 3. The fourth-order valence-electron chi connectivity index (χ4n) is 9.32. The summed E-state index contributed by atoms with van der Waals surface area (Å²) in [5.41, 5.74) is 1.76. The second kappa shape index (κ2) is 6.11. The van der Waals surface area contributed by atoms with E-state index in [-0.39, 0.29) is 11.0 Å². The zero-order valence-corrected chi connectivity index (χ0v) is 21.2. The maximum atomic E-state index is 6.71. The number of hydrogen-bond donors (Lipinski definition) is 0. The van der Waals surface area contributed by atoms with Crippen LogP contribution in [0.4, 0.5) is 0 Å². The first-order valence-electron chi connectivity index (χ1n) is 13.2. The van der Waals surface area contributed by atoms with Crippen LogP contribution in [0.3, 0.4) is 0 Å². The lowest BCUT2D eigenvalue weighted by atomic mass is 9.44. The summed E-state index contributed by atoms with van der Waals surface area (Å²) in [6.45, 7) is 19.4. The van der Waals surface area contributed by atoms with E-state index in [9.17, 15) is 0 Å². The van der Waals surface area contributed by atoms with Crippen LogP contribution in [0.1, 0.15) is 99.8 Å². The summed E-state index contributed by atoms with van der Waals surface area (Å²) in [6.07, 6.45) is 11.6. The predicted molar refractivity (Wildman–Crippen MR) is 123 cm³/mol. The van der Waals surface area contributed by atoms with Gasteiger partial charge < -0.3 is 14.2 Å². The molecule has 2 saturated carbocycles. The lowest BCUT2D eigenvalue weighted by molar-refractivity contribution is -0.173. The molecule has 5 saturated heterocycles. The van der Waals surface area contributed by atoms with Gasteiger partial charge in [0.25, 0.3) is 0 Å². The standard InChI is InChI=1S/C28H46O3/c1-23(2,3)27-14-28(15-27,30-17-27)24(4,5)18-10-20-12-21(22(11-18)31-20)25(6,7)26-9-8-19(13-26)29-16-26/h18-22H,8-17H2,1-7H3. The monoisotopic (exact) mass is 430 g/mol. The van der Waals surface area contributed by atoms with Crippen molar-refractivity contribution in [2.45, 2.75) is 124 Å². The van der Waals surface area contributed by atoms with E-state index in [0.29, 0.717) is 51.8 Å². The van der Waals surface area contributed by atoms with Gasteiger partial charge in [-0.2, -0.15) is 0 Å². The van der Waals surface area contributed by atoms with E-state index in [1.165, 1.54) is 51.4 Å². The minimum Gasteiger partial charge on any atom is -0.378 e. The highest BCUT2D eigenvalue weighted by atomic mass is 16.5. The summed E-state index contributed by atoms with van der Waals surface area (Å²) < 4.78 is 19.5. The van der Waals surface area contributed by atoms with Gasteiger partial charge in [0.15, 0.2) is 0 Å². The van der Waals surface area contributed by atoms with E-state index in [4.69, 9.17) is 14.2 Å². The quantitative estimate of drug-likeness (QED) is 0.517. The van der Waals surface area contributed by atoms with E-state index in [1.54, 1.807) is 0 Å². The van der Waals surface area contributed by atoms with Gasteiger partial charge in [0.1, 0.15) is 0 Å². The molecule has 0 aromatic rings. The van der Waals surface area contributed by atoms with Gasteiger partial charge >= 0.3 is 0 Å². The molecule has 6 atom stereocenters. The summed E-state index contributed by atoms with van der Waals surface area (Å²) in [5.74, 6) is 1.39. The highest BCUT2D eigenvalue weighted by molar-refractivity contribution is 5.21. The molecule has 176 valence electrons. The Balaban J connectivity index is 1.21. The molecular formula is C28H46O3. The van der Waals surface area contributed by atoms with E-state index in [0.717, 1.165) is 13.2 Å². The minimum atomic E-state index is 0.101. The Labute approximate surface area is 190 Å². The normalized spacial score (nSPS) is 51.4. The molecule has 0 radical (unpaired) electrons. The third-order valence-electron chi connectivity index (χ3n) is 12.5. The second-order valence-electron chi connectivity index (χ2n) is 14.9. The Kier molecular flexibility index (Phi) is 4.22. The molecule has 7 aliphatic rings. The third-order valence-corrected chi connectivity index (χ3v) is 12.5. The summed E-state index contributed by atoms with van der Waals surface area (Å²) in [7, 11) is 0. The maximum absolute atomic E-state index is 6.71. The SMILES string of the molecule is CC(C)(C)C12COC(C(C)(C)C3CC4CC(C(C)(C)C56CCC(C5)OC6)C(C3)O4)(C1)C2. The average molecular weight is 431 g/mol. The molecule has 31 heavy (non-hydrogen) atoms. The van der Waals surface area contributed by atoms with Crippen LogP contribution in [-0.4, -0.2) is 37.1 Å². The number of rotatable bonds is 4. The van der Waals surface area contributed by atoms with Crippen molar-refractivity contribution in [2.75, 3.05) is 13.2 Å². The Morgan fingerprint density at radius 3 is 2.06 bits per heavy atom. The van der Waals surface area contributed by atoms with Crippen LogP contribution in [0.25, 0.3) is 0 Å².